The van der Waals surface area contributed by atoms with Crippen molar-refractivity contribution in [1.29, 1.82) is 0 Å². The molecule has 0 aromatic rings. The first-order valence-corrected chi connectivity index (χ1v) is 8.04. The standard InChI is InChI=1S/C13H26FNO4S/c1-12(2,3)8-10(9-20(14,17)18)15(7)11(16)19-13(4,5)6/h10H,8-9H2,1-7H3. The van der Waals surface area contributed by atoms with Crippen molar-refractivity contribution in [2.75, 3.05) is 12.8 Å². The summed E-state index contributed by atoms with van der Waals surface area (Å²) in [5.74, 6) is -0.722. The molecule has 0 heterocycles. The van der Waals surface area contributed by atoms with Crippen molar-refractivity contribution in [3.05, 3.63) is 0 Å². The van der Waals surface area contributed by atoms with E-state index in [0.717, 1.165) is 4.90 Å². The van der Waals surface area contributed by atoms with E-state index in [1.807, 2.05) is 20.8 Å². The molecule has 120 valence electrons. The van der Waals surface area contributed by atoms with Gasteiger partial charge in [-0.3, -0.25) is 0 Å². The number of carbonyl (C=O) groups excluding carboxylic acids is 1. The van der Waals surface area contributed by atoms with E-state index in [1.54, 1.807) is 20.8 Å². The fourth-order valence-electron chi connectivity index (χ4n) is 1.73. The first-order chi connectivity index (χ1) is 8.61. The number of hydrogen-bond donors (Lipinski definition) is 0. The van der Waals surface area contributed by atoms with Gasteiger partial charge in [-0.2, -0.15) is 8.42 Å². The monoisotopic (exact) mass is 311 g/mol. The summed E-state index contributed by atoms with van der Waals surface area (Å²) >= 11 is 0. The van der Waals surface area contributed by atoms with Gasteiger partial charge in [0.15, 0.2) is 0 Å². The molecular weight excluding hydrogens is 285 g/mol. The molecule has 1 atom stereocenters. The minimum Gasteiger partial charge on any atom is -0.444 e. The summed E-state index contributed by atoms with van der Waals surface area (Å²) in [6.45, 7) is 10.8. The molecule has 0 aliphatic heterocycles. The quantitative estimate of drug-likeness (QED) is 0.749. The molecule has 20 heavy (non-hydrogen) atoms. The molecule has 0 N–H and O–H groups in total. The van der Waals surface area contributed by atoms with Crippen molar-refractivity contribution in [3.8, 4) is 0 Å². The molecule has 5 nitrogen and oxygen atoms in total. The van der Waals surface area contributed by atoms with Gasteiger partial charge in [0.25, 0.3) is 0 Å². The molecule has 1 amide bonds. The second kappa shape index (κ2) is 6.28. The highest BCUT2D eigenvalue weighted by atomic mass is 32.3. The van der Waals surface area contributed by atoms with Gasteiger partial charge in [0.05, 0.1) is 6.04 Å². The SMILES string of the molecule is CN(C(=O)OC(C)(C)C)C(CC(C)(C)C)CS(=O)(=O)F. The molecule has 0 aromatic heterocycles. The molecule has 0 aromatic carbocycles. The Kier molecular flexibility index (Phi) is 6.02. The lowest BCUT2D eigenvalue weighted by Crippen LogP contribution is -2.45. The molecule has 0 bridgehead atoms. The average molecular weight is 311 g/mol. The molecular formula is C13H26FNO4S. The van der Waals surface area contributed by atoms with Crippen LogP contribution in [0.1, 0.15) is 48.0 Å². The van der Waals surface area contributed by atoms with Gasteiger partial charge in [0, 0.05) is 7.05 Å². The molecule has 0 spiro atoms. The highest BCUT2D eigenvalue weighted by molar-refractivity contribution is 7.86. The van der Waals surface area contributed by atoms with Gasteiger partial charge in [0.2, 0.25) is 0 Å². The molecule has 0 saturated heterocycles. The second-order valence-electron chi connectivity index (χ2n) is 7.22. The number of ether oxygens (including phenoxy) is 1. The zero-order valence-corrected chi connectivity index (χ0v) is 14.2. The maximum atomic E-state index is 13.0. The van der Waals surface area contributed by atoms with Crippen molar-refractivity contribution in [2.24, 2.45) is 5.41 Å². The third-order valence-corrected chi connectivity index (χ3v) is 3.25. The Labute approximate surface area is 121 Å². The van der Waals surface area contributed by atoms with Crippen LogP contribution in [0.3, 0.4) is 0 Å². The molecule has 7 heteroatoms. The number of hydrogen-bond acceptors (Lipinski definition) is 4. The van der Waals surface area contributed by atoms with Gasteiger partial charge in [-0.15, -0.1) is 3.89 Å². The number of carbonyl (C=O) groups is 1. The van der Waals surface area contributed by atoms with Crippen LogP contribution in [0.25, 0.3) is 0 Å². The molecule has 0 saturated carbocycles. The van der Waals surface area contributed by atoms with Gasteiger partial charge in [-0.25, -0.2) is 4.79 Å². The Hall–Kier alpha value is -0.850. The Morgan fingerprint density at radius 3 is 1.95 bits per heavy atom. The van der Waals surface area contributed by atoms with Gasteiger partial charge in [0.1, 0.15) is 11.4 Å². The summed E-state index contributed by atoms with van der Waals surface area (Å²) in [5, 5.41) is 0. The summed E-state index contributed by atoms with van der Waals surface area (Å²) < 4.78 is 39.9. The van der Waals surface area contributed by atoms with Gasteiger partial charge >= 0.3 is 16.3 Å². The Bertz CT molecular complexity index is 434. The van der Waals surface area contributed by atoms with Crippen LogP contribution >= 0.6 is 0 Å². The van der Waals surface area contributed by atoms with Crippen LogP contribution in [-0.4, -0.2) is 43.9 Å². The van der Waals surface area contributed by atoms with E-state index in [2.05, 4.69) is 0 Å². The van der Waals surface area contributed by atoms with Crippen molar-refractivity contribution in [1.82, 2.24) is 4.90 Å². The van der Waals surface area contributed by atoms with Crippen molar-refractivity contribution in [3.63, 3.8) is 0 Å². The molecule has 0 fully saturated rings. The van der Waals surface area contributed by atoms with E-state index >= 15 is 0 Å². The van der Waals surface area contributed by atoms with E-state index in [4.69, 9.17) is 4.74 Å². The minimum atomic E-state index is -4.67. The number of amides is 1. The Balaban J connectivity index is 5.06. The highest BCUT2D eigenvalue weighted by Crippen LogP contribution is 2.25. The number of nitrogens with zero attached hydrogens (tertiary/aromatic N) is 1. The summed E-state index contributed by atoms with van der Waals surface area (Å²) in [4.78, 5) is 13.1. The molecule has 0 aliphatic rings. The molecule has 1 unspecified atom stereocenters. The van der Waals surface area contributed by atoms with Crippen LogP contribution in [-0.2, 0) is 15.0 Å². The van der Waals surface area contributed by atoms with Crippen molar-refractivity contribution >= 4 is 16.3 Å². The zero-order valence-electron chi connectivity index (χ0n) is 13.4. The highest BCUT2D eigenvalue weighted by Gasteiger charge is 2.31. The zero-order chi connectivity index (χ0) is 16.4. The third-order valence-electron chi connectivity index (χ3n) is 2.47. The van der Waals surface area contributed by atoms with E-state index in [0.29, 0.717) is 6.42 Å². The second-order valence-corrected chi connectivity index (χ2v) is 8.63. The Morgan fingerprint density at radius 2 is 1.65 bits per heavy atom. The normalized spacial score (nSPS) is 14.8. The molecule has 0 aliphatic carbocycles. The molecule has 0 radical (unpaired) electrons. The Morgan fingerprint density at radius 1 is 1.20 bits per heavy atom. The molecule has 0 rings (SSSR count). The van der Waals surface area contributed by atoms with Crippen molar-refractivity contribution in [2.45, 2.75) is 59.6 Å². The first kappa shape index (κ1) is 19.1. The predicted octanol–water partition coefficient (Wildman–Crippen LogP) is 2.96. The largest absolute Gasteiger partial charge is 0.444 e. The summed E-state index contributed by atoms with van der Waals surface area (Å²) in [5.41, 5.74) is -0.933. The lowest BCUT2D eigenvalue weighted by Gasteiger charge is -2.33. The van der Waals surface area contributed by atoms with E-state index in [9.17, 15) is 17.1 Å². The smallest absolute Gasteiger partial charge is 0.410 e. The summed E-state index contributed by atoms with van der Waals surface area (Å²) in [7, 11) is -3.24. The van der Waals surface area contributed by atoms with Crippen LogP contribution in [0.2, 0.25) is 0 Å². The maximum Gasteiger partial charge on any atom is 0.410 e. The topological polar surface area (TPSA) is 63.7 Å². The number of halogens is 1. The van der Waals surface area contributed by atoms with Gasteiger partial charge in [-0.1, -0.05) is 20.8 Å². The van der Waals surface area contributed by atoms with Gasteiger partial charge < -0.3 is 9.64 Å². The average Bonchev–Trinajstić information content (AvgIpc) is 2.07. The van der Waals surface area contributed by atoms with Crippen LogP contribution in [0.5, 0.6) is 0 Å². The van der Waals surface area contributed by atoms with Crippen LogP contribution in [0.4, 0.5) is 8.68 Å². The lowest BCUT2D eigenvalue weighted by atomic mass is 9.88. The first-order valence-electron chi connectivity index (χ1n) is 6.49. The fraction of sp³-hybridized carbons (Fsp3) is 0.923. The lowest BCUT2D eigenvalue weighted by molar-refractivity contribution is 0.0207. The fourth-order valence-corrected chi connectivity index (χ4v) is 2.53. The van der Waals surface area contributed by atoms with Crippen LogP contribution in [0.15, 0.2) is 0 Å². The van der Waals surface area contributed by atoms with E-state index in [1.165, 1.54) is 7.05 Å². The summed E-state index contributed by atoms with van der Waals surface area (Å²) in [6.07, 6.45) is -0.304. The predicted molar refractivity (Wildman–Crippen MR) is 76.8 cm³/mol. The van der Waals surface area contributed by atoms with Gasteiger partial charge in [-0.05, 0) is 32.6 Å². The number of rotatable bonds is 4. The van der Waals surface area contributed by atoms with Crippen LogP contribution < -0.4 is 0 Å². The third kappa shape index (κ3) is 9.12. The van der Waals surface area contributed by atoms with Crippen LogP contribution in [0, 0.1) is 5.41 Å². The summed E-state index contributed by atoms with van der Waals surface area (Å²) in [6, 6.07) is -0.764. The van der Waals surface area contributed by atoms with Crippen molar-refractivity contribution < 1.29 is 21.8 Å². The maximum absolute atomic E-state index is 13.0. The minimum absolute atomic E-state index is 0.244. The van der Waals surface area contributed by atoms with E-state index < -0.39 is 33.7 Å². The van der Waals surface area contributed by atoms with E-state index in [-0.39, 0.29) is 5.41 Å².